The molecule has 34 heavy (non-hydrogen) atoms. The van der Waals surface area contributed by atoms with E-state index in [9.17, 15) is 13.2 Å². The Labute approximate surface area is 200 Å². The first kappa shape index (κ1) is 23.3. The first-order valence-corrected chi connectivity index (χ1v) is 12.0. The average Bonchev–Trinajstić information content (AvgIpc) is 3.05. The molecule has 2 aromatic carbocycles. The highest BCUT2D eigenvalue weighted by molar-refractivity contribution is 7.92. The summed E-state index contributed by atoms with van der Waals surface area (Å²) in [6.45, 7) is 7.40. The largest absolute Gasteiger partial charge is 0.361 e. The van der Waals surface area contributed by atoms with Crippen LogP contribution in [0, 0.1) is 13.8 Å². The Morgan fingerprint density at radius 1 is 1.03 bits per heavy atom. The van der Waals surface area contributed by atoms with E-state index in [0.29, 0.717) is 38.4 Å². The topological polar surface area (TPSA) is 122 Å². The van der Waals surface area contributed by atoms with Crippen molar-refractivity contribution in [3.05, 3.63) is 91.9 Å². The molecule has 2 aromatic heterocycles. The molecule has 174 valence electrons. The van der Waals surface area contributed by atoms with Crippen molar-refractivity contribution >= 4 is 46.0 Å². The molecule has 9 nitrogen and oxygen atoms in total. The zero-order chi connectivity index (χ0) is 24.5. The van der Waals surface area contributed by atoms with Gasteiger partial charge in [0, 0.05) is 28.3 Å². The second-order valence-electron chi connectivity index (χ2n) is 7.51. The predicted molar refractivity (Wildman–Crippen MR) is 133 cm³/mol. The van der Waals surface area contributed by atoms with Crippen LogP contribution in [0.3, 0.4) is 0 Å². The van der Waals surface area contributed by atoms with Crippen molar-refractivity contribution in [2.75, 3.05) is 10.0 Å². The van der Waals surface area contributed by atoms with Crippen LogP contribution in [-0.2, 0) is 10.0 Å². The summed E-state index contributed by atoms with van der Waals surface area (Å²) in [6.07, 6.45) is 1.51. The van der Waals surface area contributed by atoms with Crippen LogP contribution in [0.15, 0.2) is 64.3 Å². The van der Waals surface area contributed by atoms with Gasteiger partial charge in [0.1, 0.15) is 0 Å². The SMILES string of the molecule is C=c1[nH]n(-c2ccc(Cl)cc2)c(=O)/c1=C/Nc1ccc(S(=O)(=O)Nc2nc(C)cc(C)n2)cc1. The maximum Gasteiger partial charge on any atom is 0.280 e. The number of halogens is 1. The molecule has 4 aromatic rings. The second kappa shape index (κ2) is 9.16. The molecule has 0 radical (unpaired) electrons. The Balaban J connectivity index is 1.55. The van der Waals surface area contributed by atoms with Crippen LogP contribution in [0.25, 0.3) is 18.5 Å². The predicted octanol–water partition coefficient (Wildman–Crippen LogP) is 2.29. The monoisotopic (exact) mass is 496 g/mol. The third kappa shape index (κ3) is 5.03. The van der Waals surface area contributed by atoms with E-state index in [4.69, 9.17) is 11.6 Å². The lowest BCUT2D eigenvalue weighted by Crippen LogP contribution is -2.34. The first-order chi connectivity index (χ1) is 16.1. The summed E-state index contributed by atoms with van der Waals surface area (Å²) in [7, 11) is -3.87. The lowest BCUT2D eigenvalue weighted by molar-refractivity contribution is 0.601. The van der Waals surface area contributed by atoms with Gasteiger partial charge in [-0.05, 0) is 68.4 Å². The van der Waals surface area contributed by atoms with Gasteiger partial charge in [0.25, 0.3) is 15.6 Å². The van der Waals surface area contributed by atoms with E-state index in [1.807, 2.05) is 0 Å². The normalized spacial score (nSPS) is 12.0. The number of H-pyrrole nitrogens is 1. The molecule has 0 aliphatic rings. The maximum atomic E-state index is 12.8. The van der Waals surface area contributed by atoms with Crippen LogP contribution >= 0.6 is 11.6 Å². The lowest BCUT2D eigenvalue weighted by Gasteiger charge is -2.08. The molecule has 0 amide bonds. The highest BCUT2D eigenvalue weighted by Crippen LogP contribution is 2.17. The van der Waals surface area contributed by atoms with Crippen LogP contribution in [-0.4, -0.2) is 28.2 Å². The molecule has 0 aliphatic heterocycles. The van der Waals surface area contributed by atoms with E-state index in [-0.39, 0.29) is 16.4 Å². The molecule has 0 saturated carbocycles. The standard InChI is InChI=1S/C23H21ClN6O3S/c1-14-12-15(2)27-23(26-14)29-34(32,33)20-10-6-18(7-11-20)25-13-21-16(3)28-30(22(21)31)19-8-4-17(24)5-9-19/h4-13,25,28H,3H2,1-2H3,(H,26,27,29)/b21-13+. The maximum absolute atomic E-state index is 12.8. The van der Waals surface area contributed by atoms with E-state index in [1.54, 1.807) is 56.3 Å². The first-order valence-electron chi connectivity index (χ1n) is 10.1. The Hall–Kier alpha value is -3.89. The molecule has 3 N–H and O–H groups in total. The molecule has 0 unspecified atom stereocenters. The molecular formula is C23H21ClN6O3S. The van der Waals surface area contributed by atoms with E-state index < -0.39 is 10.0 Å². The minimum atomic E-state index is -3.87. The van der Waals surface area contributed by atoms with Gasteiger partial charge in [-0.2, -0.15) is 0 Å². The van der Waals surface area contributed by atoms with Gasteiger partial charge in [0.2, 0.25) is 5.95 Å². The molecule has 11 heteroatoms. The molecule has 0 atom stereocenters. The number of benzene rings is 2. The molecule has 0 spiro atoms. The molecule has 0 aliphatic carbocycles. The average molecular weight is 497 g/mol. The van der Waals surface area contributed by atoms with Crippen molar-refractivity contribution < 1.29 is 8.42 Å². The van der Waals surface area contributed by atoms with Gasteiger partial charge >= 0.3 is 0 Å². The molecule has 2 heterocycles. The fraction of sp³-hybridized carbons (Fsp3) is 0.0870. The van der Waals surface area contributed by atoms with Gasteiger partial charge in [-0.15, -0.1) is 0 Å². The fourth-order valence-electron chi connectivity index (χ4n) is 3.25. The van der Waals surface area contributed by atoms with Gasteiger partial charge in [-0.25, -0.2) is 27.8 Å². The molecule has 0 fully saturated rings. The van der Waals surface area contributed by atoms with E-state index in [0.717, 1.165) is 0 Å². The van der Waals surface area contributed by atoms with E-state index in [1.165, 1.54) is 23.0 Å². The van der Waals surface area contributed by atoms with Crippen molar-refractivity contribution in [3.8, 4) is 5.69 Å². The minimum absolute atomic E-state index is 0.0143. The number of nitrogens with zero attached hydrogens (tertiary/aromatic N) is 3. The van der Waals surface area contributed by atoms with Gasteiger partial charge in [-0.3, -0.25) is 9.89 Å². The number of anilines is 2. The number of nitrogens with one attached hydrogen (secondary N) is 3. The van der Waals surface area contributed by atoms with Crippen molar-refractivity contribution in [1.29, 1.82) is 0 Å². The van der Waals surface area contributed by atoms with E-state index in [2.05, 4.69) is 31.7 Å². The van der Waals surface area contributed by atoms with Crippen molar-refractivity contribution in [3.63, 3.8) is 0 Å². The minimum Gasteiger partial charge on any atom is -0.361 e. The Kier molecular flexibility index (Phi) is 6.27. The van der Waals surface area contributed by atoms with Crippen LogP contribution in [0.5, 0.6) is 0 Å². The van der Waals surface area contributed by atoms with Gasteiger partial charge in [0.15, 0.2) is 0 Å². The molecule has 0 bridgehead atoms. The van der Waals surface area contributed by atoms with Gasteiger partial charge in [-0.1, -0.05) is 18.2 Å². The highest BCUT2D eigenvalue weighted by atomic mass is 35.5. The quantitative estimate of drug-likeness (QED) is 0.376. The summed E-state index contributed by atoms with van der Waals surface area (Å²) >= 11 is 5.91. The third-order valence-electron chi connectivity index (χ3n) is 4.85. The summed E-state index contributed by atoms with van der Waals surface area (Å²) in [5, 5.41) is 7.24. The summed E-state index contributed by atoms with van der Waals surface area (Å²) < 4.78 is 29.1. The van der Waals surface area contributed by atoms with Gasteiger partial charge < -0.3 is 5.32 Å². The van der Waals surface area contributed by atoms with Gasteiger partial charge in [0.05, 0.1) is 21.2 Å². The summed E-state index contributed by atoms with van der Waals surface area (Å²) in [4.78, 5) is 21.0. The van der Waals surface area contributed by atoms with E-state index >= 15 is 0 Å². The Morgan fingerprint density at radius 3 is 2.26 bits per heavy atom. The number of aromatic amines is 1. The zero-order valence-electron chi connectivity index (χ0n) is 18.3. The van der Waals surface area contributed by atoms with Crippen LogP contribution in [0.4, 0.5) is 11.6 Å². The van der Waals surface area contributed by atoms with Crippen LogP contribution < -0.4 is 26.2 Å². The smallest absolute Gasteiger partial charge is 0.280 e. The number of aryl methyl sites for hydroxylation is 2. The Bertz CT molecular complexity index is 1610. The number of rotatable bonds is 6. The summed E-state index contributed by atoms with van der Waals surface area (Å²) in [5.74, 6) is 0.0143. The van der Waals surface area contributed by atoms with Crippen LogP contribution in [0.1, 0.15) is 11.4 Å². The van der Waals surface area contributed by atoms with Crippen molar-refractivity contribution in [2.24, 2.45) is 0 Å². The van der Waals surface area contributed by atoms with Crippen LogP contribution in [0.2, 0.25) is 5.02 Å². The molecular weight excluding hydrogens is 476 g/mol. The third-order valence-corrected chi connectivity index (χ3v) is 6.44. The fourth-order valence-corrected chi connectivity index (χ4v) is 4.32. The summed E-state index contributed by atoms with van der Waals surface area (Å²) in [5.41, 5.74) is 2.22. The Morgan fingerprint density at radius 2 is 1.65 bits per heavy atom. The van der Waals surface area contributed by atoms with Crippen molar-refractivity contribution in [1.82, 2.24) is 19.7 Å². The molecule has 0 saturated heterocycles. The lowest BCUT2D eigenvalue weighted by atomic mass is 10.3. The number of aromatic nitrogens is 4. The second-order valence-corrected chi connectivity index (χ2v) is 9.63. The highest BCUT2D eigenvalue weighted by Gasteiger charge is 2.16. The molecule has 4 rings (SSSR count). The number of sulfonamides is 1. The zero-order valence-corrected chi connectivity index (χ0v) is 19.9. The number of hydrogen-bond donors (Lipinski definition) is 3. The van der Waals surface area contributed by atoms with Crippen molar-refractivity contribution in [2.45, 2.75) is 18.7 Å². The summed E-state index contributed by atoms with van der Waals surface area (Å²) in [6, 6.07) is 14.6. The number of hydrogen-bond acceptors (Lipinski definition) is 6.